The number of nitrogens with one attached hydrogen (secondary N) is 1. The summed E-state index contributed by atoms with van der Waals surface area (Å²) in [5.74, 6) is -0.384. The average Bonchev–Trinajstić information content (AvgIpc) is 2.49. The van der Waals surface area contributed by atoms with Crippen LogP contribution in [0.5, 0.6) is 0 Å². The molecular formula is C15H22N2O3. The molecule has 1 aromatic heterocycles. The minimum atomic E-state index is -0.399. The molecule has 5 nitrogen and oxygen atoms in total. The molecule has 1 amide bonds. The molecule has 1 heterocycles. The number of carbonyl (C=O) groups excluding carboxylic acids is 2. The number of hydrogen-bond donors (Lipinski definition) is 1. The molecule has 0 fully saturated rings. The number of ether oxygens (including phenoxy) is 1. The van der Waals surface area contributed by atoms with Crippen LogP contribution in [-0.2, 0) is 9.53 Å². The summed E-state index contributed by atoms with van der Waals surface area (Å²) in [6.45, 7) is 2.67. The van der Waals surface area contributed by atoms with E-state index in [-0.39, 0.29) is 12.5 Å². The number of amides is 1. The SMILES string of the molecule is CCCCCCC(=O)NCCOC(=O)c1ccncc1. The van der Waals surface area contributed by atoms with E-state index in [1.807, 2.05) is 0 Å². The fraction of sp³-hybridized carbons (Fsp3) is 0.533. The highest BCUT2D eigenvalue weighted by atomic mass is 16.5. The number of esters is 1. The van der Waals surface area contributed by atoms with Gasteiger partial charge in [-0.15, -0.1) is 0 Å². The molecule has 5 heteroatoms. The van der Waals surface area contributed by atoms with Crippen molar-refractivity contribution in [2.75, 3.05) is 13.2 Å². The molecule has 0 atom stereocenters. The molecule has 0 radical (unpaired) electrons. The Balaban J connectivity index is 2.07. The van der Waals surface area contributed by atoms with Gasteiger partial charge in [0.1, 0.15) is 6.61 Å². The van der Waals surface area contributed by atoms with Crippen LogP contribution in [0.3, 0.4) is 0 Å². The largest absolute Gasteiger partial charge is 0.460 e. The van der Waals surface area contributed by atoms with Crippen molar-refractivity contribution in [3.8, 4) is 0 Å². The van der Waals surface area contributed by atoms with Crippen LogP contribution in [0, 0.1) is 0 Å². The first-order chi connectivity index (χ1) is 9.74. The van der Waals surface area contributed by atoms with Crippen molar-refractivity contribution in [3.05, 3.63) is 30.1 Å². The fourth-order valence-electron chi connectivity index (χ4n) is 1.71. The number of carbonyl (C=O) groups is 2. The van der Waals surface area contributed by atoms with Crippen LogP contribution in [0.4, 0.5) is 0 Å². The summed E-state index contributed by atoms with van der Waals surface area (Å²) in [6.07, 6.45) is 7.93. The van der Waals surface area contributed by atoms with E-state index in [1.165, 1.54) is 12.4 Å². The van der Waals surface area contributed by atoms with Gasteiger partial charge in [-0.25, -0.2) is 4.79 Å². The van der Waals surface area contributed by atoms with Gasteiger partial charge in [0.15, 0.2) is 0 Å². The van der Waals surface area contributed by atoms with E-state index in [0.29, 0.717) is 18.5 Å². The number of pyridine rings is 1. The summed E-state index contributed by atoms with van der Waals surface area (Å²) in [4.78, 5) is 26.9. The highest BCUT2D eigenvalue weighted by Crippen LogP contribution is 2.02. The van der Waals surface area contributed by atoms with Crippen molar-refractivity contribution in [2.45, 2.75) is 39.0 Å². The van der Waals surface area contributed by atoms with Crippen molar-refractivity contribution in [3.63, 3.8) is 0 Å². The van der Waals surface area contributed by atoms with Gasteiger partial charge in [0.2, 0.25) is 5.91 Å². The van der Waals surface area contributed by atoms with Gasteiger partial charge in [-0.05, 0) is 18.6 Å². The lowest BCUT2D eigenvalue weighted by atomic mass is 10.1. The van der Waals surface area contributed by atoms with Crippen LogP contribution < -0.4 is 5.32 Å². The van der Waals surface area contributed by atoms with Gasteiger partial charge in [0, 0.05) is 18.8 Å². The van der Waals surface area contributed by atoms with Crippen molar-refractivity contribution in [2.24, 2.45) is 0 Å². The maximum Gasteiger partial charge on any atom is 0.338 e. The Morgan fingerprint density at radius 1 is 1.20 bits per heavy atom. The molecule has 0 aliphatic rings. The van der Waals surface area contributed by atoms with Crippen LogP contribution in [0.2, 0.25) is 0 Å². The summed E-state index contributed by atoms with van der Waals surface area (Å²) in [5.41, 5.74) is 0.464. The minimum absolute atomic E-state index is 0.0149. The highest BCUT2D eigenvalue weighted by Gasteiger charge is 2.06. The van der Waals surface area contributed by atoms with Crippen LogP contribution in [0.1, 0.15) is 49.4 Å². The summed E-state index contributed by atoms with van der Waals surface area (Å²) in [7, 11) is 0. The molecule has 1 N–H and O–H groups in total. The third-order valence-corrected chi connectivity index (χ3v) is 2.83. The van der Waals surface area contributed by atoms with E-state index < -0.39 is 5.97 Å². The second kappa shape index (κ2) is 9.95. The number of hydrogen-bond acceptors (Lipinski definition) is 4. The number of nitrogens with zero attached hydrogens (tertiary/aromatic N) is 1. The summed E-state index contributed by atoms with van der Waals surface area (Å²) in [6, 6.07) is 3.18. The van der Waals surface area contributed by atoms with Crippen molar-refractivity contribution < 1.29 is 14.3 Å². The first-order valence-electron chi connectivity index (χ1n) is 7.08. The summed E-state index contributed by atoms with van der Waals surface area (Å²) in [5, 5.41) is 2.74. The second-order valence-electron chi connectivity index (χ2n) is 4.53. The van der Waals surface area contributed by atoms with Gasteiger partial charge in [-0.3, -0.25) is 9.78 Å². The Kier molecular flexibility index (Phi) is 8.03. The maximum absolute atomic E-state index is 11.6. The second-order valence-corrected chi connectivity index (χ2v) is 4.53. The Labute approximate surface area is 119 Å². The van der Waals surface area contributed by atoms with Crippen LogP contribution in [0.15, 0.2) is 24.5 Å². The Bertz CT molecular complexity index is 407. The molecule has 0 aliphatic heterocycles. The zero-order chi connectivity index (χ0) is 14.6. The molecule has 0 bridgehead atoms. The fourth-order valence-corrected chi connectivity index (χ4v) is 1.71. The lowest BCUT2D eigenvalue weighted by Crippen LogP contribution is -2.27. The highest BCUT2D eigenvalue weighted by molar-refractivity contribution is 5.89. The van der Waals surface area contributed by atoms with Crippen LogP contribution >= 0.6 is 0 Å². The van der Waals surface area contributed by atoms with Crippen molar-refractivity contribution in [1.29, 1.82) is 0 Å². The van der Waals surface area contributed by atoms with Gasteiger partial charge in [-0.2, -0.15) is 0 Å². The quantitative estimate of drug-likeness (QED) is 0.556. The number of unbranched alkanes of at least 4 members (excludes halogenated alkanes) is 3. The van der Waals surface area contributed by atoms with Gasteiger partial charge >= 0.3 is 5.97 Å². The first-order valence-corrected chi connectivity index (χ1v) is 7.08. The van der Waals surface area contributed by atoms with Crippen LogP contribution in [-0.4, -0.2) is 30.0 Å². The lowest BCUT2D eigenvalue weighted by molar-refractivity contribution is -0.121. The van der Waals surface area contributed by atoms with Crippen LogP contribution in [0.25, 0.3) is 0 Å². The smallest absolute Gasteiger partial charge is 0.338 e. The van der Waals surface area contributed by atoms with Crippen molar-refractivity contribution in [1.82, 2.24) is 10.3 Å². The van der Waals surface area contributed by atoms with E-state index in [4.69, 9.17) is 4.74 Å². The van der Waals surface area contributed by atoms with Gasteiger partial charge < -0.3 is 10.1 Å². The molecule has 0 saturated carbocycles. The monoisotopic (exact) mass is 278 g/mol. The lowest BCUT2D eigenvalue weighted by Gasteiger charge is -2.06. The van der Waals surface area contributed by atoms with E-state index >= 15 is 0 Å². The normalized spacial score (nSPS) is 10.1. The summed E-state index contributed by atoms with van der Waals surface area (Å²) >= 11 is 0. The van der Waals surface area contributed by atoms with E-state index in [0.717, 1.165) is 25.7 Å². The molecular weight excluding hydrogens is 256 g/mol. The minimum Gasteiger partial charge on any atom is -0.460 e. The Hall–Kier alpha value is -1.91. The number of aromatic nitrogens is 1. The molecule has 1 rings (SSSR count). The predicted octanol–water partition coefficient (Wildman–Crippen LogP) is 2.33. The molecule has 0 aromatic carbocycles. The maximum atomic E-state index is 11.6. The predicted molar refractivity (Wildman–Crippen MR) is 76.3 cm³/mol. The third kappa shape index (κ3) is 6.87. The molecule has 0 spiro atoms. The average molecular weight is 278 g/mol. The molecule has 110 valence electrons. The zero-order valence-electron chi connectivity index (χ0n) is 11.9. The number of rotatable bonds is 9. The van der Waals surface area contributed by atoms with Gasteiger partial charge in [-0.1, -0.05) is 26.2 Å². The molecule has 20 heavy (non-hydrogen) atoms. The van der Waals surface area contributed by atoms with E-state index in [2.05, 4.69) is 17.2 Å². The third-order valence-electron chi connectivity index (χ3n) is 2.83. The molecule has 0 saturated heterocycles. The molecule has 0 aliphatic carbocycles. The van der Waals surface area contributed by atoms with Crippen molar-refractivity contribution >= 4 is 11.9 Å². The molecule has 1 aromatic rings. The Morgan fingerprint density at radius 2 is 1.95 bits per heavy atom. The topological polar surface area (TPSA) is 68.3 Å². The van der Waals surface area contributed by atoms with Gasteiger partial charge in [0.25, 0.3) is 0 Å². The van der Waals surface area contributed by atoms with Gasteiger partial charge in [0.05, 0.1) is 12.1 Å². The standard InChI is InChI=1S/C15H22N2O3/c1-2-3-4-5-6-14(18)17-11-12-20-15(19)13-7-9-16-10-8-13/h7-10H,2-6,11-12H2,1H3,(H,17,18). The van der Waals surface area contributed by atoms with E-state index in [1.54, 1.807) is 12.1 Å². The Morgan fingerprint density at radius 3 is 2.65 bits per heavy atom. The first kappa shape index (κ1) is 16.1. The summed E-state index contributed by atoms with van der Waals surface area (Å²) < 4.78 is 5.04. The molecule has 0 unspecified atom stereocenters. The zero-order valence-corrected chi connectivity index (χ0v) is 11.9. The van der Waals surface area contributed by atoms with E-state index in [9.17, 15) is 9.59 Å².